The lowest BCUT2D eigenvalue weighted by molar-refractivity contribution is 0.249. The molecule has 0 aromatic heterocycles. The van der Waals surface area contributed by atoms with E-state index in [9.17, 15) is 0 Å². The van der Waals surface area contributed by atoms with Crippen molar-refractivity contribution in [3.05, 3.63) is 0 Å². The summed E-state index contributed by atoms with van der Waals surface area (Å²) in [6.45, 7) is 8.29. The minimum Gasteiger partial charge on any atom is -0.303 e. The molecule has 0 aliphatic carbocycles. The molecule has 0 radical (unpaired) electrons. The van der Waals surface area contributed by atoms with Gasteiger partial charge in [-0.3, -0.25) is 0 Å². The zero-order chi connectivity index (χ0) is 8.43. The maximum Gasteiger partial charge on any atom is 0.0118 e. The average Bonchev–Trinajstić information content (AvgIpc) is 2.30. The zero-order valence-corrected chi connectivity index (χ0v) is 8.30. The fraction of sp³-hybridized carbons (Fsp3) is 1.00. The normalized spacial score (nSPS) is 33.5. The first kappa shape index (κ1) is 9.05. The lowest BCUT2D eigenvalue weighted by Crippen LogP contribution is -2.29. The van der Waals surface area contributed by atoms with Crippen LogP contribution >= 0.6 is 0 Å². The van der Waals surface area contributed by atoms with Gasteiger partial charge in [0.2, 0.25) is 0 Å². The van der Waals surface area contributed by atoms with Crippen molar-refractivity contribution in [3.63, 3.8) is 0 Å². The van der Waals surface area contributed by atoms with Crippen LogP contribution in [0.4, 0.5) is 0 Å². The van der Waals surface area contributed by atoms with Crippen molar-refractivity contribution < 1.29 is 0 Å². The first-order valence-electron chi connectivity index (χ1n) is 4.85. The molecule has 1 heteroatoms. The Morgan fingerprint density at radius 3 is 2.36 bits per heavy atom. The quantitative estimate of drug-likeness (QED) is 0.592. The van der Waals surface area contributed by atoms with Gasteiger partial charge in [-0.15, -0.1) is 0 Å². The van der Waals surface area contributed by atoms with Gasteiger partial charge in [0, 0.05) is 12.6 Å². The Labute approximate surface area is 70.8 Å². The minimum absolute atomic E-state index is 0.830. The fourth-order valence-electron chi connectivity index (χ4n) is 2.22. The highest BCUT2D eigenvalue weighted by molar-refractivity contribution is 4.84. The van der Waals surface area contributed by atoms with E-state index in [1.54, 1.807) is 0 Å². The third-order valence-corrected chi connectivity index (χ3v) is 3.03. The third-order valence-electron chi connectivity index (χ3n) is 3.03. The summed E-state index contributed by atoms with van der Waals surface area (Å²) in [6, 6.07) is 0.847. The van der Waals surface area contributed by atoms with Crippen molar-refractivity contribution in [2.24, 2.45) is 11.8 Å². The monoisotopic (exact) mass is 155 g/mol. The molecule has 0 N–H and O–H groups in total. The summed E-state index contributed by atoms with van der Waals surface area (Å²) in [5, 5.41) is 0. The fourth-order valence-corrected chi connectivity index (χ4v) is 2.22. The number of hydrogen-bond donors (Lipinski definition) is 0. The first-order chi connectivity index (χ1) is 5.15. The van der Waals surface area contributed by atoms with Crippen LogP contribution in [0.5, 0.6) is 0 Å². The molecule has 1 aliphatic heterocycles. The molecule has 1 rings (SSSR count). The lowest BCUT2D eigenvalue weighted by atomic mass is 9.96. The molecule has 0 aromatic carbocycles. The van der Waals surface area contributed by atoms with Crippen molar-refractivity contribution in [1.29, 1.82) is 0 Å². The number of hydrogen-bond acceptors (Lipinski definition) is 1. The Bertz CT molecular complexity index is 120. The molecule has 0 aromatic rings. The molecule has 0 saturated carbocycles. The molecule has 1 unspecified atom stereocenters. The SMILES string of the molecule is CC[C@@H]1CC(C(C)C)N(C)C1. The Balaban J connectivity index is 2.45. The molecule has 66 valence electrons. The van der Waals surface area contributed by atoms with Crippen LogP contribution in [0, 0.1) is 11.8 Å². The van der Waals surface area contributed by atoms with E-state index >= 15 is 0 Å². The van der Waals surface area contributed by atoms with Crippen LogP contribution < -0.4 is 0 Å². The molecule has 0 spiro atoms. The average molecular weight is 155 g/mol. The predicted molar refractivity (Wildman–Crippen MR) is 49.7 cm³/mol. The van der Waals surface area contributed by atoms with Crippen LogP contribution in [0.1, 0.15) is 33.6 Å². The van der Waals surface area contributed by atoms with Gasteiger partial charge in [0.1, 0.15) is 0 Å². The summed E-state index contributed by atoms with van der Waals surface area (Å²) in [5.74, 6) is 1.80. The topological polar surface area (TPSA) is 3.24 Å². The molecule has 2 atom stereocenters. The van der Waals surface area contributed by atoms with Crippen molar-refractivity contribution in [2.75, 3.05) is 13.6 Å². The van der Waals surface area contributed by atoms with E-state index in [1.807, 2.05) is 0 Å². The number of nitrogens with zero attached hydrogens (tertiary/aromatic N) is 1. The van der Waals surface area contributed by atoms with Gasteiger partial charge in [0.15, 0.2) is 0 Å². The van der Waals surface area contributed by atoms with E-state index in [4.69, 9.17) is 0 Å². The van der Waals surface area contributed by atoms with Gasteiger partial charge in [-0.05, 0) is 25.3 Å². The summed E-state index contributed by atoms with van der Waals surface area (Å²) in [4.78, 5) is 2.53. The van der Waals surface area contributed by atoms with E-state index in [1.165, 1.54) is 19.4 Å². The van der Waals surface area contributed by atoms with E-state index in [2.05, 4.69) is 32.7 Å². The van der Waals surface area contributed by atoms with Gasteiger partial charge in [0.05, 0.1) is 0 Å². The molecule has 1 heterocycles. The molecule has 0 amide bonds. The highest BCUT2D eigenvalue weighted by Crippen LogP contribution is 2.28. The van der Waals surface area contributed by atoms with Crippen molar-refractivity contribution in [1.82, 2.24) is 4.90 Å². The second kappa shape index (κ2) is 3.57. The summed E-state index contributed by atoms with van der Waals surface area (Å²) >= 11 is 0. The summed E-state index contributed by atoms with van der Waals surface area (Å²) in [7, 11) is 2.26. The van der Waals surface area contributed by atoms with Crippen LogP contribution in [0.2, 0.25) is 0 Å². The summed E-state index contributed by atoms with van der Waals surface area (Å²) in [5.41, 5.74) is 0. The van der Waals surface area contributed by atoms with Crippen LogP contribution in [0.15, 0.2) is 0 Å². The first-order valence-corrected chi connectivity index (χ1v) is 4.85. The Morgan fingerprint density at radius 2 is 2.09 bits per heavy atom. The predicted octanol–water partition coefficient (Wildman–Crippen LogP) is 2.37. The van der Waals surface area contributed by atoms with Crippen LogP contribution in [-0.4, -0.2) is 24.5 Å². The van der Waals surface area contributed by atoms with Gasteiger partial charge in [-0.25, -0.2) is 0 Å². The van der Waals surface area contributed by atoms with Crippen LogP contribution in [0.3, 0.4) is 0 Å². The Hall–Kier alpha value is -0.0400. The van der Waals surface area contributed by atoms with Gasteiger partial charge in [-0.1, -0.05) is 27.2 Å². The van der Waals surface area contributed by atoms with Gasteiger partial charge < -0.3 is 4.90 Å². The highest BCUT2D eigenvalue weighted by Gasteiger charge is 2.29. The van der Waals surface area contributed by atoms with E-state index in [0.29, 0.717) is 0 Å². The van der Waals surface area contributed by atoms with E-state index in [0.717, 1.165) is 17.9 Å². The largest absolute Gasteiger partial charge is 0.303 e. The molecule has 0 bridgehead atoms. The van der Waals surface area contributed by atoms with Crippen LogP contribution in [-0.2, 0) is 0 Å². The standard InChI is InChI=1S/C10H21N/c1-5-9-6-10(8(2)3)11(4)7-9/h8-10H,5-7H2,1-4H3/t9-,10?/m1/s1. The Kier molecular flexibility index (Phi) is 2.94. The van der Waals surface area contributed by atoms with Gasteiger partial charge >= 0.3 is 0 Å². The molecule has 1 aliphatic rings. The van der Waals surface area contributed by atoms with Crippen molar-refractivity contribution in [3.8, 4) is 0 Å². The summed E-state index contributed by atoms with van der Waals surface area (Å²) < 4.78 is 0. The molecular weight excluding hydrogens is 134 g/mol. The number of rotatable bonds is 2. The van der Waals surface area contributed by atoms with Crippen molar-refractivity contribution in [2.45, 2.75) is 39.7 Å². The molecular formula is C10H21N. The molecule has 11 heavy (non-hydrogen) atoms. The number of likely N-dealkylation sites (tertiary alicyclic amines) is 1. The molecule has 1 saturated heterocycles. The zero-order valence-electron chi connectivity index (χ0n) is 8.30. The van der Waals surface area contributed by atoms with Gasteiger partial charge in [0.25, 0.3) is 0 Å². The summed E-state index contributed by atoms with van der Waals surface area (Å²) in [6.07, 6.45) is 2.78. The Morgan fingerprint density at radius 1 is 1.45 bits per heavy atom. The van der Waals surface area contributed by atoms with Crippen LogP contribution in [0.25, 0.3) is 0 Å². The molecule has 1 fully saturated rings. The third kappa shape index (κ3) is 1.96. The second-order valence-corrected chi connectivity index (χ2v) is 4.26. The highest BCUT2D eigenvalue weighted by atomic mass is 15.2. The van der Waals surface area contributed by atoms with Gasteiger partial charge in [-0.2, -0.15) is 0 Å². The van der Waals surface area contributed by atoms with E-state index in [-0.39, 0.29) is 0 Å². The smallest absolute Gasteiger partial charge is 0.0118 e. The second-order valence-electron chi connectivity index (χ2n) is 4.26. The lowest BCUT2D eigenvalue weighted by Gasteiger charge is -2.22. The maximum absolute atomic E-state index is 2.53. The molecule has 1 nitrogen and oxygen atoms in total. The minimum atomic E-state index is 0.830. The maximum atomic E-state index is 2.53. The van der Waals surface area contributed by atoms with Crippen molar-refractivity contribution >= 4 is 0 Å². The van der Waals surface area contributed by atoms with E-state index < -0.39 is 0 Å².